The lowest BCUT2D eigenvalue weighted by atomic mass is 9.94. The lowest BCUT2D eigenvalue weighted by Gasteiger charge is -2.17. The summed E-state index contributed by atoms with van der Waals surface area (Å²) in [5, 5.41) is 2.87. The summed E-state index contributed by atoms with van der Waals surface area (Å²) >= 11 is 0. The monoisotopic (exact) mass is 439 g/mol. The van der Waals surface area contributed by atoms with Gasteiger partial charge in [0.05, 0.1) is 11.1 Å². The molecule has 3 aromatic rings. The Hall–Kier alpha value is -3.75. The second kappa shape index (κ2) is 6.88. The fourth-order valence-corrected chi connectivity index (χ4v) is 3.98. The molecule has 1 saturated carbocycles. The van der Waals surface area contributed by atoms with Gasteiger partial charge in [-0.25, -0.2) is 4.98 Å². The van der Waals surface area contributed by atoms with Gasteiger partial charge in [-0.05, 0) is 68.1 Å². The molecule has 0 radical (unpaired) electrons. The summed E-state index contributed by atoms with van der Waals surface area (Å²) < 4.78 is 35.6. The largest absolute Gasteiger partial charge is 0.586 e. The number of nitrogens with one attached hydrogen (secondary N) is 2. The van der Waals surface area contributed by atoms with E-state index in [0.29, 0.717) is 35.6 Å². The Bertz CT molecular complexity index is 1310. The van der Waals surface area contributed by atoms with E-state index in [0.717, 1.165) is 11.1 Å². The van der Waals surface area contributed by atoms with E-state index in [9.17, 15) is 18.4 Å². The molecule has 1 amide bonds. The number of halogens is 2. The molecular formula is C23H19F2N3O4. The Kier molecular flexibility index (Phi) is 4.34. The first-order chi connectivity index (χ1) is 15.1. The Morgan fingerprint density at radius 2 is 1.81 bits per heavy atom. The predicted octanol–water partition coefficient (Wildman–Crippen LogP) is 4.05. The van der Waals surface area contributed by atoms with E-state index in [4.69, 9.17) is 0 Å². The van der Waals surface area contributed by atoms with E-state index >= 15 is 0 Å². The quantitative estimate of drug-likeness (QED) is 0.640. The third kappa shape index (κ3) is 3.49. The van der Waals surface area contributed by atoms with Gasteiger partial charge in [0.2, 0.25) is 11.5 Å². The molecule has 2 aliphatic rings. The van der Waals surface area contributed by atoms with E-state index in [1.54, 1.807) is 25.1 Å². The van der Waals surface area contributed by atoms with Crippen LogP contribution in [0.2, 0.25) is 0 Å². The number of carbonyl (C=O) groups excluding carboxylic acids is 1. The van der Waals surface area contributed by atoms with E-state index in [-0.39, 0.29) is 23.0 Å². The van der Waals surface area contributed by atoms with Crippen LogP contribution in [0.5, 0.6) is 11.5 Å². The topological polar surface area (TPSA) is 93.3 Å². The first-order valence-electron chi connectivity index (χ1n) is 10.1. The number of amides is 1. The molecule has 2 aromatic heterocycles. The van der Waals surface area contributed by atoms with Gasteiger partial charge < -0.3 is 19.8 Å². The molecule has 32 heavy (non-hydrogen) atoms. The smallest absolute Gasteiger partial charge is 0.395 e. The van der Waals surface area contributed by atoms with Crippen molar-refractivity contribution in [2.45, 2.75) is 38.4 Å². The Morgan fingerprint density at radius 1 is 1.06 bits per heavy atom. The van der Waals surface area contributed by atoms with E-state index in [2.05, 4.69) is 24.8 Å². The molecule has 1 aliphatic heterocycles. The highest BCUT2D eigenvalue weighted by molar-refractivity contribution is 6.01. The van der Waals surface area contributed by atoms with Crippen LogP contribution >= 0.6 is 0 Å². The number of nitrogens with zero attached hydrogens (tertiary/aromatic N) is 1. The van der Waals surface area contributed by atoms with Gasteiger partial charge in [-0.2, -0.15) is 0 Å². The second-order valence-electron chi connectivity index (χ2n) is 8.14. The van der Waals surface area contributed by atoms with Gasteiger partial charge in [0, 0.05) is 17.3 Å². The van der Waals surface area contributed by atoms with Gasteiger partial charge >= 0.3 is 6.29 Å². The number of aromatic amines is 1. The highest BCUT2D eigenvalue weighted by Gasteiger charge is 2.53. The first kappa shape index (κ1) is 20.2. The molecule has 3 heterocycles. The van der Waals surface area contributed by atoms with Crippen molar-refractivity contribution in [3.63, 3.8) is 0 Å². The maximum atomic E-state index is 13.3. The van der Waals surface area contributed by atoms with Crippen LogP contribution in [0.15, 0.2) is 47.3 Å². The van der Waals surface area contributed by atoms with E-state index < -0.39 is 11.7 Å². The number of aromatic nitrogens is 2. The van der Waals surface area contributed by atoms with Crippen molar-refractivity contribution in [2.24, 2.45) is 0 Å². The lowest BCUT2D eigenvalue weighted by molar-refractivity contribution is -0.286. The third-order valence-electron chi connectivity index (χ3n) is 5.74. The molecular weight excluding hydrogens is 420 g/mol. The van der Waals surface area contributed by atoms with Crippen molar-refractivity contribution in [1.29, 1.82) is 0 Å². The average molecular weight is 439 g/mol. The molecule has 0 bridgehead atoms. The van der Waals surface area contributed by atoms with Gasteiger partial charge in [0.25, 0.3) is 0 Å². The van der Waals surface area contributed by atoms with E-state index in [1.807, 2.05) is 13.0 Å². The number of fused-ring (bicyclic) bond motifs is 1. The number of anilines is 1. The standard InChI is InChI=1S/C23H19F2N3O4/c1-12-9-16(15-4-6-20(29)26-13(15)2)27-19(10-12)28-21(30)22(7-8-22)14-3-5-17-18(11-14)32-23(24,25)31-17/h3-6,9-11H,7-8H2,1-2H3,(H,26,29)(H,27,28,30). The molecule has 0 saturated heterocycles. The zero-order valence-corrected chi connectivity index (χ0v) is 17.3. The van der Waals surface area contributed by atoms with Gasteiger partial charge in [0.15, 0.2) is 11.5 Å². The fraction of sp³-hybridized carbons (Fsp3) is 0.261. The highest BCUT2D eigenvalue weighted by Crippen LogP contribution is 2.52. The number of ether oxygens (including phenoxy) is 2. The van der Waals surface area contributed by atoms with Crippen molar-refractivity contribution in [1.82, 2.24) is 9.97 Å². The Morgan fingerprint density at radius 3 is 2.53 bits per heavy atom. The van der Waals surface area contributed by atoms with Gasteiger partial charge in [0.1, 0.15) is 5.82 Å². The van der Waals surface area contributed by atoms with Crippen LogP contribution in [0.3, 0.4) is 0 Å². The van der Waals surface area contributed by atoms with Crippen molar-refractivity contribution < 1.29 is 23.0 Å². The molecule has 2 N–H and O–H groups in total. The minimum atomic E-state index is -3.71. The molecule has 1 aromatic carbocycles. The SMILES string of the molecule is Cc1cc(NC(=O)C2(c3ccc4c(c3)OC(F)(F)O4)CC2)nc(-c2ccc(=O)[nH]c2C)c1. The molecule has 1 fully saturated rings. The molecule has 1 aliphatic carbocycles. The van der Waals surface area contributed by atoms with Gasteiger partial charge in [-0.3, -0.25) is 9.59 Å². The summed E-state index contributed by atoms with van der Waals surface area (Å²) in [7, 11) is 0. The maximum Gasteiger partial charge on any atom is 0.586 e. The second-order valence-corrected chi connectivity index (χ2v) is 8.14. The lowest BCUT2D eigenvalue weighted by Crippen LogP contribution is -2.28. The van der Waals surface area contributed by atoms with Crippen LogP contribution in [0, 0.1) is 13.8 Å². The van der Waals surface area contributed by atoms with Crippen LogP contribution in [-0.4, -0.2) is 22.2 Å². The summed E-state index contributed by atoms with van der Waals surface area (Å²) in [6, 6.07) is 11.1. The predicted molar refractivity (Wildman–Crippen MR) is 112 cm³/mol. The van der Waals surface area contributed by atoms with Crippen LogP contribution < -0.4 is 20.3 Å². The number of pyridine rings is 2. The molecule has 9 heteroatoms. The molecule has 7 nitrogen and oxygen atoms in total. The van der Waals surface area contributed by atoms with Crippen LogP contribution in [0.4, 0.5) is 14.6 Å². The normalized spacial score (nSPS) is 17.1. The average Bonchev–Trinajstić information content (AvgIpc) is 3.44. The summed E-state index contributed by atoms with van der Waals surface area (Å²) in [4.78, 5) is 32.0. The van der Waals surface area contributed by atoms with Crippen molar-refractivity contribution in [3.8, 4) is 22.8 Å². The highest BCUT2D eigenvalue weighted by atomic mass is 19.3. The zero-order valence-electron chi connectivity index (χ0n) is 17.3. The Balaban J connectivity index is 1.42. The number of aryl methyl sites for hydroxylation is 2. The maximum absolute atomic E-state index is 13.3. The van der Waals surface area contributed by atoms with Gasteiger partial charge in [-0.15, -0.1) is 8.78 Å². The van der Waals surface area contributed by atoms with Crippen molar-refractivity contribution in [3.05, 3.63) is 69.6 Å². The number of alkyl halides is 2. The molecule has 0 spiro atoms. The molecule has 0 atom stereocenters. The number of benzene rings is 1. The van der Waals surface area contributed by atoms with E-state index in [1.165, 1.54) is 18.2 Å². The van der Waals surface area contributed by atoms with Crippen LogP contribution in [0.1, 0.15) is 29.7 Å². The van der Waals surface area contributed by atoms with Crippen LogP contribution in [-0.2, 0) is 10.2 Å². The van der Waals surface area contributed by atoms with Gasteiger partial charge in [-0.1, -0.05) is 6.07 Å². The fourth-order valence-electron chi connectivity index (χ4n) is 3.98. The third-order valence-corrected chi connectivity index (χ3v) is 5.74. The minimum absolute atomic E-state index is 0.0591. The summed E-state index contributed by atoms with van der Waals surface area (Å²) in [5.41, 5.74) is 2.46. The number of H-pyrrole nitrogens is 1. The summed E-state index contributed by atoms with van der Waals surface area (Å²) in [6.45, 7) is 3.66. The number of rotatable bonds is 4. The Labute approximate surface area is 181 Å². The van der Waals surface area contributed by atoms with Crippen molar-refractivity contribution >= 4 is 11.7 Å². The molecule has 5 rings (SSSR count). The number of hydrogen-bond donors (Lipinski definition) is 2. The summed E-state index contributed by atoms with van der Waals surface area (Å²) in [5.74, 6) is -0.0492. The zero-order chi connectivity index (χ0) is 22.7. The van der Waals surface area contributed by atoms with Crippen molar-refractivity contribution in [2.75, 3.05) is 5.32 Å². The summed E-state index contributed by atoms with van der Waals surface area (Å²) in [6.07, 6.45) is -2.55. The molecule has 0 unspecified atom stereocenters. The number of carbonyl (C=O) groups is 1. The number of hydrogen-bond acceptors (Lipinski definition) is 5. The molecule has 164 valence electrons. The minimum Gasteiger partial charge on any atom is -0.395 e. The van der Waals surface area contributed by atoms with Crippen LogP contribution in [0.25, 0.3) is 11.3 Å². The first-order valence-corrected chi connectivity index (χ1v) is 10.1.